The topological polar surface area (TPSA) is 55.1 Å². The number of nitrogens with two attached hydrogens (primary N) is 1. The highest BCUT2D eigenvalue weighted by molar-refractivity contribution is 9.10. The van der Waals surface area contributed by atoms with Gasteiger partial charge in [-0.05, 0) is 25.5 Å². The van der Waals surface area contributed by atoms with Crippen LogP contribution in [0.1, 0.15) is 31.9 Å². The summed E-state index contributed by atoms with van der Waals surface area (Å²) in [5.74, 6) is -0.0155. The van der Waals surface area contributed by atoms with Gasteiger partial charge < -0.3 is 11.1 Å². The highest BCUT2D eigenvalue weighted by Gasteiger charge is 2.12. The SMILES string of the molecule is CC(N)CC(=O)NC(C)c1ccccc1Br.Cl. The highest BCUT2D eigenvalue weighted by Crippen LogP contribution is 2.22. The van der Waals surface area contributed by atoms with Crippen molar-refractivity contribution >= 4 is 34.2 Å². The molecule has 0 heterocycles. The molecule has 0 saturated heterocycles. The van der Waals surface area contributed by atoms with E-state index in [1.165, 1.54) is 0 Å². The maximum absolute atomic E-state index is 11.5. The molecule has 1 amide bonds. The number of hydrogen-bond donors (Lipinski definition) is 2. The average molecular weight is 322 g/mol. The van der Waals surface area contributed by atoms with Crippen LogP contribution in [-0.2, 0) is 4.79 Å². The van der Waals surface area contributed by atoms with Gasteiger partial charge in [0.2, 0.25) is 5.91 Å². The molecule has 3 nitrogen and oxygen atoms in total. The highest BCUT2D eigenvalue weighted by atomic mass is 79.9. The Morgan fingerprint density at radius 3 is 2.53 bits per heavy atom. The standard InChI is InChI=1S/C12H17BrN2O.ClH/c1-8(14)7-12(16)15-9(2)10-5-3-4-6-11(10)13;/h3-6,8-9H,7,14H2,1-2H3,(H,15,16);1H. The first-order chi connectivity index (χ1) is 7.50. The first kappa shape index (κ1) is 16.4. The number of benzene rings is 1. The number of carbonyl (C=O) groups excluding carboxylic acids is 1. The van der Waals surface area contributed by atoms with E-state index >= 15 is 0 Å². The Hall–Kier alpha value is -0.580. The molecule has 96 valence electrons. The fourth-order valence-corrected chi connectivity index (χ4v) is 2.13. The number of carbonyl (C=O) groups is 1. The summed E-state index contributed by atoms with van der Waals surface area (Å²) in [6, 6.07) is 7.73. The van der Waals surface area contributed by atoms with Gasteiger partial charge in [-0.3, -0.25) is 4.79 Å². The van der Waals surface area contributed by atoms with Crippen LogP contribution in [0.3, 0.4) is 0 Å². The van der Waals surface area contributed by atoms with Crippen molar-refractivity contribution in [3.8, 4) is 0 Å². The smallest absolute Gasteiger partial charge is 0.222 e. The molecule has 0 aliphatic rings. The monoisotopic (exact) mass is 320 g/mol. The van der Waals surface area contributed by atoms with Crippen LogP contribution in [0.4, 0.5) is 0 Å². The van der Waals surface area contributed by atoms with Crippen LogP contribution in [0.5, 0.6) is 0 Å². The summed E-state index contributed by atoms with van der Waals surface area (Å²) in [6.07, 6.45) is 0.356. The van der Waals surface area contributed by atoms with E-state index in [1.54, 1.807) is 0 Å². The summed E-state index contributed by atoms with van der Waals surface area (Å²) in [6.45, 7) is 3.78. The number of rotatable bonds is 4. The maximum atomic E-state index is 11.5. The van der Waals surface area contributed by atoms with E-state index in [4.69, 9.17) is 5.73 Å². The molecular weight excluding hydrogens is 304 g/mol. The molecule has 1 rings (SSSR count). The van der Waals surface area contributed by atoms with E-state index in [1.807, 2.05) is 38.1 Å². The Bertz CT molecular complexity index is 371. The summed E-state index contributed by atoms with van der Waals surface area (Å²) in [5, 5.41) is 2.92. The molecular formula is C12H18BrClN2O. The zero-order chi connectivity index (χ0) is 12.1. The first-order valence-electron chi connectivity index (χ1n) is 5.30. The van der Waals surface area contributed by atoms with Crippen LogP contribution < -0.4 is 11.1 Å². The van der Waals surface area contributed by atoms with Crippen molar-refractivity contribution in [1.29, 1.82) is 0 Å². The van der Waals surface area contributed by atoms with Crippen LogP contribution in [0.15, 0.2) is 28.7 Å². The van der Waals surface area contributed by atoms with Gasteiger partial charge in [-0.25, -0.2) is 0 Å². The predicted octanol–water partition coefficient (Wildman–Crippen LogP) is 2.79. The zero-order valence-corrected chi connectivity index (χ0v) is 12.3. The van der Waals surface area contributed by atoms with E-state index in [0.29, 0.717) is 6.42 Å². The summed E-state index contributed by atoms with van der Waals surface area (Å²) in [5.41, 5.74) is 6.64. The molecule has 0 aromatic heterocycles. The van der Waals surface area contributed by atoms with Crippen molar-refractivity contribution in [2.75, 3.05) is 0 Å². The van der Waals surface area contributed by atoms with Crippen LogP contribution >= 0.6 is 28.3 Å². The molecule has 2 atom stereocenters. The third-order valence-corrected chi connectivity index (χ3v) is 2.98. The fourth-order valence-electron chi connectivity index (χ4n) is 1.50. The Balaban J connectivity index is 0.00000256. The molecule has 0 radical (unpaired) electrons. The molecule has 2 unspecified atom stereocenters. The van der Waals surface area contributed by atoms with Gasteiger partial charge in [0.05, 0.1) is 6.04 Å². The minimum Gasteiger partial charge on any atom is -0.349 e. The van der Waals surface area contributed by atoms with Gasteiger partial charge in [0.15, 0.2) is 0 Å². The molecule has 17 heavy (non-hydrogen) atoms. The van der Waals surface area contributed by atoms with Crippen molar-refractivity contribution < 1.29 is 4.79 Å². The number of hydrogen-bond acceptors (Lipinski definition) is 2. The van der Waals surface area contributed by atoms with Gasteiger partial charge >= 0.3 is 0 Å². The van der Waals surface area contributed by atoms with E-state index in [-0.39, 0.29) is 30.4 Å². The number of nitrogens with one attached hydrogen (secondary N) is 1. The first-order valence-corrected chi connectivity index (χ1v) is 6.09. The largest absolute Gasteiger partial charge is 0.349 e. The van der Waals surface area contributed by atoms with E-state index < -0.39 is 0 Å². The van der Waals surface area contributed by atoms with Gasteiger partial charge in [-0.15, -0.1) is 12.4 Å². The lowest BCUT2D eigenvalue weighted by Gasteiger charge is -2.16. The lowest BCUT2D eigenvalue weighted by molar-refractivity contribution is -0.122. The third kappa shape index (κ3) is 5.52. The van der Waals surface area contributed by atoms with Gasteiger partial charge in [-0.2, -0.15) is 0 Å². The normalized spacial score (nSPS) is 13.4. The minimum absolute atomic E-state index is 0. The van der Waals surface area contributed by atoms with Crippen LogP contribution in [0.2, 0.25) is 0 Å². The molecule has 3 N–H and O–H groups in total. The van der Waals surface area contributed by atoms with E-state index in [9.17, 15) is 4.79 Å². The Morgan fingerprint density at radius 2 is 2.00 bits per heavy atom. The molecule has 0 bridgehead atoms. The van der Waals surface area contributed by atoms with Crippen molar-refractivity contribution in [1.82, 2.24) is 5.32 Å². The number of amides is 1. The minimum atomic E-state index is -0.105. The van der Waals surface area contributed by atoms with Crippen molar-refractivity contribution in [3.63, 3.8) is 0 Å². The molecule has 0 aliphatic carbocycles. The predicted molar refractivity (Wildman–Crippen MR) is 76.2 cm³/mol. The zero-order valence-electron chi connectivity index (χ0n) is 9.94. The summed E-state index contributed by atoms with van der Waals surface area (Å²) in [4.78, 5) is 11.5. The molecule has 0 aliphatic heterocycles. The third-order valence-electron chi connectivity index (χ3n) is 2.26. The summed E-state index contributed by atoms with van der Waals surface area (Å²) >= 11 is 3.46. The molecule has 0 saturated carbocycles. The van der Waals surface area contributed by atoms with Crippen molar-refractivity contribution in [2.24, 2.45) is 5.73 Å². The Kier molecular flexibility index (Phi) is 7.43. The summed E-state index contributed by atoms with van der Waals surface area (Å²) in [7, 11) is 0. The molecule has 5 heteroatoms. The molecule has 0 fully saturated rings. The second-order valence-electron chi connectivity index (χ2n) is 3.99. The lowest BCUT2D eigenvalue weighted by atomic mass is 10.1. The molecule has 1 aromatic rings. The quantitative estimate of drug-likeness (QED) is 0.896. The average Bonchev–Trinajstić information content (AvgIpc) is 2.16. The van der Waals surface area contributed by atoms with Crippen LogP contribution in [0, 0.1) is 0 Å². The molecule has 1 aromatic carbocycles. The van der Waals surface area contributed by atoms with E-state index in [0.717, 1.165) is 10.0 Å². The maximum Gasteiger partial charge on any atom is 0.222 e. The second-order valence-corrected chi connectivity index (χ2v) is 4.85. The Morgan fingerprint density at radius 1 is 1.41 bits per heavy atom. The van der Waals surface area contributed by atoms with Gasteiger partial charge in [0, 0.05) is 16.9 Å². The van der Waals surface area contributed by atoms with Crippen LogP contribution in [-0.4, -0.2) is 11.9 Å². The van der Waals surface area contributed by atoms with Crippen molar-refractivity contribution in [3.05, 3.63) is 34.3 Å². The van der Waals surface area contributed by atoms with Crippen molar-refractivity contribution in [2.45, 2.75) is 32.4 Å². The lowest BCUT2D eigenvalue weighted by Crippen LogP contribution is -2.31. The fraction of sp³-hybridized carbons (Fsp3) is 0.417. The van der Waals surface area contributed by atoms with E-state index in [2.05, 4.69) is 21.2 Å². The Labute approximate surface area is 117 Å². The summed E-state index contributed by atoms with van der Waals surface area (Å²) < 4.78 is 1.00. The van der Waals surface area contributed by atoms with Gasteiger partial charge in [0.1, 0.15) is 0 Å². The second kappa shape index (κ2) is 7.69. The van der Waals surface area contributed by atoms with Gasteiger partial charge in [-0.1, -0.05) is 34.1 Å². The molecule has 0 spiro atoms. The number of halogens is 2. The van der Waals surface area contributed by atoms with Crippen LogP contribution in [0.25, 0.3) is 0 Å². The van der Waals surface area contributed by atoms with Gasteiger partial charge in [0.25, 0.3) is 0 Å².